The van der Waals surface area contributed by atoms with Crippen molar-refractivity contribution in [2.45, 2.75) is 5.32 Å². The number of carbonyl (C=O) groups is 2. The zero-order valence-electron chi connectivity index (χ0n) is 8.10. The first-order valence-corrected chi connectivity index (χ1v) is 6.24. The van der Waals surface area contributed by atoms with Crippen LogP contribution in [0.1, 0.15) is 10.4 Å². The Morgan fingerprint density at radius 1 is 1.40 bits per heavy atom. The molecular weight excluding hydrogens is 263 g/mol. The maximum atomic E-state index is 11.5. The fraction of sp³-hybridized carbons (Fsp3) is 0.200. The average molecular weight is 273 g/mol. The fourth-order valence-electron chi connectivity index (χ4n) is 0.907. The standard InChI is InChI=1S/C10H10O4Se/c1-14-9(12)6-15-10(13)7-4-2-3-5-8(7)11/h2-5,11H,6H2,1H3. The molecule has 0 radical (unpaired) electrons. The van der Waals surface area contributed by atoms with E-state index in [1.807, 2.05) is 0 Å². The van der Waals surface area contributed by atoms with E-state index in [1.54, 1.807) is 12.1 Å². The van der Waals surface area contributed by atoms with Crippen LogP contribution in [-0.4, -0.2) is 37.8 Å². The quantitative estimate of drug-likeness (QED) is 0.652. The monoisotopic (exact) mass is 274 g/mol. The predicted molar refractivity (Wildman–Crippen MR) is 55.0 cm³/mol. The van der Waals surface area contributed by atoms with Gasteiger partial charge in [0.2, 0.25) is 0 Å². The molecule has 0 heterocycles. The summed E-state index contributed by atoms with van der Waals surface area (Å²) in [6.45, 7) is 0. The number of phenolic OH excluding ortho intramolecular Hbond substituents is 1. The zero-order chi connectivity index (χ0) is 11.3. The van der Waals surface area contributed by atoms with Gasteiger partial charge in [-0.15, -0.1) is 0 Å². The first-order valence-electron chi connectivity index (χ1n) is 4.17. The number of rotatable bonds is 4. The molecule has 0 spiro atoms. The van der Waals surface area contributed by atoms with Crippen molar-refractivity contribution in [3.63, 3.8) is 0 Å². The third-order valence-electron chi connectivity index (χ3n) is 1.67. The van der Waals surface area contributed by atoms with Crippen LogP contribution in [0.2, 0.25) is 5.32 Å². The molecule has 0 aliphatic carbocycles. The van der Waals surface area contributed by atoms with Gasteiger partial charge in [-0.3, -0.25) is 0 Å². The summed E-state index contributed by atoms with van der Waals surface area (Å²) in [5, 5.41) is 9.47. The molecule has 1 rings (SSSR count). The third kappa shape index (κ3) is 3.38. The number of esters is 1. The Morgan fingerprint density at radius 2 is 2.07 bits per heavy atom. The van der Waals surface area contributed by atoms with E-state index in [0.717, 1.165) is 0 Å². The van der Waals surface area contributed by atoms with E-state index >= 15 is 0 Å². The van der Waals surface area contributed by atoms with Crippen LogP contribution in [0.4, 0.5) is 0 Å². The van der Waals surface area contributed by atoms with E-state index in [9.17, 15) is 14.7 Å². The topological polar surface area (TPSA) is 63.6 Å². The Balaban J connectivity index is 2.62. The summed E-state index contributed by atoms with van der Waals surface area (Å²) in [4.78, 5) is 22.4. The second kappa shape index (κ2) is 5.53. The maximum absolute atomic E-state index is 11.5. The SMILES string of the molecule is COC(=O)C[Se]C(=O)c1ccccc1O. The molecule has 1 N–H and O–H groups in total. The molecule has 0 fully saturated rings. The van der Waals surface area contributed by atoms with Crippen LogP contribution in [0.15, 0.2) is 24.3 Å². The number of methoxy groups -OCH3 is 1. The van der Waals surface area contributed by atoms with Gasteiger partial charge in [-0.25, -0.2) is 0 Å². The first kappa shape index (κ1) is 11.8. The van der Waals surface area contributed by atoms with Gasteiger partial charge in [0.05, 0.1) is 0 Å². The van der Waals surface area contributed by atoms with Crippen LogP contribution < -0.4 is 0 Å². The number of phenols is 1. The Bertz CT molecular complexity index is 375. The van der Waals surface area contributed by atoms with Crippen LogP contribution in [0.5, 0.6) is 5.75 Å². The summed E-state index contributed by atoms with van der Waals surface area (Å²) in [6, 6.07) is 6.29. The van der Waals surface area contributed by atoms with Crippen molar-refractivity contribution in [3.05, 3.63) is 29.8 Å². The number of benzene rings is 1. The molecule has 5 heteroatoms. The molecule has 0 aromatic heterocycles. The Morgan fingerprint density at radius 3 is 2.67 bits per heavy atom. The van der Waals surface area contributed by atoms with Crippen molar-refractivity contribution in [3.8, 4) is 5.75 Å². The molecule has 4 nitrogen and oxygen atoms in total. The average Bonchev–Trinajstić information content (AvgIpc) is 2.26. The van der Waals surface area contributed by atoms with Crippen LogP contribution in [0, 0.1) is 0 Å². The Hall–Kier alpha value is -1.32. The van der Waals surface area contributed by atoms with Gasteiger partial charge in [0.1, 0.15) is 0 Å². The van der Waals surface area contributed by atoms with Gasteiger partial charge < -0.3 is 0 Å². The molecular formula is C10H10O4Se. The Kier molecular flexibility index (Phi) is 4.34. The number of para-hydroxylation sites is 1. The van der Waals surface area contributed by atoms with E-state index in [2.05, 4.69) is 4.74 Å². The molecule has 15 heavy (non-hydrogen) atoms. The number of ether oxygens (including phenoxy) is 1. The van der Waals surface area contributed by atoms with Crippen molar-refractivity contribution >= 4 is 25.6 Å². The summed E-state index contributed by atoms with van der Waals surface area (Å²) in [7, 11) is 1.28. The van der Waals surface area contributed by atoms with E-state index in [-0.39, 0.29) is 21.3 Å². The summed E-state index contributed by atoms with van der Waals surface area (Å²) in [5.41, 5.74) is 0.265. The van der Waals surface area contributed by atoms with Crippen LogP contribution >= 0.6 is 0 Å². The molecule has 0 aliphatic heterocycles. The number of aromatic hydroxyl groups is 1. The molecule has 0 bridgehead atoms. The van der Waals surface area contributed by atoms with Gasteiger partial charge in [0.15, 0.2) is 0 Å². The van der Waals surface area contributed by atoms with Crippen LogP contribution in [0.25, 0.3) is 0 Å². The second-order valence-electron chi connectivity index (χ2n) is 2.67. The van der Waals surface area contributed by atoms with Gasteiger partial charge in [0, 0.05) is 0 Å². The van der Waals surface area contributed by atoms with Gasteiger partial charge >= 0.3 is 93.0 Å². The fourth-order valence-corrected chi connectivity index (χ4v) is 2.37. The molecule has 0 aliphatic rings. The minimum absolute atomic E-state index is 0.0470. The summed E-state index contributed by atoms with van der Waals surface area (Å²) >= 11 is -0.522. The number of hydrogen-bond donors (Lipinski definition) is 1. The van der Waals surface area contributed by atoms with Gasteiger partial charge in [0.25, 0.3) is 0 Å². The molecule has 0 unspecified atom stereocenters. The van der Waals surface area contributed by atoms with Crippen molar-refractivity contribution in [1.29, 1.82) is 0 Å². The molecule has 0 atom stereocenters. The molecule has 0 saturated carbocycles. The normalized spacial score (nSPS) is 9.67. The van der Waals surface area contributed by atoms with Crippen molar-refractivity contribution in [2.75, 3.05) is 7.11 Å². The molecule has 1 aromatic carbocycles. The second-order valence-corrected chi connectivity index (χ2v) is 4.66. The molecule has 0 amide bonds. The van der Waals surface area contributed by atoms with E-state index in [1.165, 1.54) is 19.2 Å². The van der Waals surface area contributed by atoms with Gasteiger partial charge in [-0.05, 0) is 0 Å². The van der Waals surface area contributed by atoms with E-state index < -0.39 is 20.9 Å². The number of carbonyl (C=O) groups excluding carboxylic acids is 2. The summed E-state index contributed by atoms with van der Waals surface area (Å²) < 4.78 is 4.23. The summed E-state index contributed by atoms with van der Waals surface area (Å²) in [5.74, 6) is -0.451. The van der Waals surface area contributed by atoms with E-state index in [4.69, 9.17) is 0 Å². The van der Waals surface area contributed by atoms with E-state index in [0.29, 0.717) is 0 Å². The first-order chi connectivity index (χ1) is 7.15. The zero-order valence-corrected chi connectivity index (χ0v) is 9.81. The summed E-state index contributed by atoms with van der Waals surface area (Å²) in [6.07, 6.45) is 0. The minimum atomic E-state index is -0.522. The molecule has 0 saturated heterocycles. The molecule has 1 aromatic rings. The molecule has 80 valence electrons. The Labute approximate surface area is 93.4 Å². The van der Waals surface area contributed by atoms with Crippen molar-refractivity contribution in [1.82, 2.24) is 0 Å². The van der Waals surface area contributed by atoms with Gasteiger partial charge in [-0.1, -0.05) is 0 Å². The van der Waals surface area contributed by atoms with Gasteiger partial charge in [-0.2, -0.15) is 0 Å². The predicted octanol–water partition coefficient (Wildman–Crippen LogP) is 0.828. The van der Waals surface area contributed by atoms with Crippen molar-refractivity contribution in [2.24, 2.45) is 0 Å². The van der Waals surface area contributed by atoms with Crippen molar-refractivity contribution < 1.29 is 19.4 Å². The van der Waals surface area contributed by atoms with Crippen LogP contribution in [-0.2, 0) is 9.53 Å². The third-order valence-corrected chi connectivity index (χ3v) is 3.48. The number of hydrogen-bond acceptors (Lipinski definition) is 4. The van der Waals surface area contributed by atoms with Crippen LogP contribution in [0.3, 0.4) is 0 Å².